The first-order chi connectivity index (χ1) is 9.50. The van der Waals surface area contributed by atoms with Crippen LogP contribution in [0.1, 0.15) is 19.8 Å². The summed E-state index contributed by atoms with van der Waals surface area (Å²) in [4.78, 5) is 24.5. The number of rotatable bonds is 3. The van der Waals surface area contributed by atoms with Crippen molar-refractivity contribution in [2.45, 2.75) is 25.9 Å². The predicted octanol–water partition coefficient (Wildman–Crippen LogP) is 0.298. The summed E-state index contributed by atoms with van der Waals surface area (Å²) < 4.78 is 10.4. The largest absolute Gasteiger partial charge is 0.479 e. The van der Waals surface area contributed by atoms with Gasteiger partial charge in [0.15, 0.2) is 6.10 Å². The minimum atomic E-state index is -1.03. The maximum Gasteiger partial charge on any atom is 0.334 e. The summed E-state index contributed by atoms with van der Waals surface area (Å²) >= 11 is 0. The molecule has 2 saturated heterocycles. The first-order valence-corrected chi connectivity index (χ1v) is 6.95. The van der Waals surface area contributed by atoms with E-state index in [-0.39, 0.29) is 24.6 Å². The summed E-state index contributed by atoms with van der Waals surface area (Å²) in [6.45, 7) is 4.96. The van der Waals surface area contributed by atoms with Crippen LogP contribution in [0.5, 0.6) is 0 Å². The van der Waals surface area contributed by atoms with Gasteiger partial charge in [0.05, 0.1) is 13.2 Å². The van der Waals surface area contributed by atoms with E-state index in [9.17, 15) is 9.59 Å². The number of carboxylic acids is 1. The number of aliphatic carboxylic acids is 1. The van der Waals surface area contributed by atoms with Crippen molar-refractivity contribution in [1.29, 1.82) is 0 Å². The molecule has 2 N–H and O–H groups in total. The number of carbonyl (C=O) groups is 2. The van der Waals surface area contributed by atoms with Crippen LogP contribution in [0.2, 0.25) is 0 Å². The van der Waals surface area contributed by atoms with Gasteiger partial charge < -0.3 is 24.8 Å². The number of carboxylic acid groups (broad SMARTS) is 1. The number of morpholine rings is 1. The summed E-state index contributed by atoms with van der Waals surface area (Å²) in [7, 11) is 0. The fraction of sp³-hybridized carbons (Fsp3) is 0.846. The third-order valence-electron chi connectivity index (χ3n) is 4.00. The summed E-state index contributed by atoms with van der Waals surface area (Å²) in [5.74, 6) is -1.03. The summed E-state index contributed by atoms with van der Waals surface area (Å²) in [5, 5.41) is 11.8. The van der Waals surface area contributed by atoms with Gasteiger partial charge in [-0.05, 0) is 18.3 Å². The van der Waals surface area contributed by atoms with E-state index in [4.69, 9.17) is 14.6 Å². The standard InChI is InChI=1S/C13H22N2O5/c1-13(2-5-19-6-3-13)9-14-12(18)15-4-7-20-10(8-15)11(16)17/h10H,2-9H2,1H3,(H,14,18)(H,16,17). The second-order valence-corrected chi connectivity index (χ2v) is 5.73. The third-order valence-corrected chi connectivity index (χ3v) is 4.00. The second kappa shape index (κ2) is 6.41. The van der Waals surface area contributed by atoms with Gasteiger partial charge in [-0.3, -0.25) is 0 Å². The van der Waals surface area contributed by atoms with E-state index in [0.29, 0.717) is 13.1 Å². The molecule has 7 nitrogen and oxygen atoms in total. The number of hydrogen-bond donors (Lipinski definition) is 2. The maximum atomic E-state index is 12.1. The van der Waals surface area contributed by atoms with Gasteiger partial charge in [0.25, 0.3) is 0 Å². The summed E-state index contributed by atoms with van der Waals surface area (Å²) in [6.07, 6.45) is 0.926. The minimum Gasteiger partial charge on any atom is -0.479 e. The SMILES string of the molecule is CC1(CNC(=O)N2CCOC(C(=O)O)C2)CCOCC1. The third kappa shape index (κ3) is 3.83. The van der Waals surface area contributed by atoms with Gasteiger partial charge in [0.2, 0.25) is 0 Å². The van der Waals surface area contributed by atoms with Crippen molar-refractivity contribution in [1.82, 2.24) is 10.2 Å². The number of nitrogens with zero attached hydrogens (tertiary/aromatic N) is 1. The molecule has 2 amide bonds. The van der Waals surface area contributed by atoms with E-state index >= 15 is 0 Å². The fourth-order valence-electron chi connectivity index (χ4n) is 2.42. The van der Waals surface area contributed by atoms with Crippen LogP contribution >= 0.6 is 0 Å². The maximum absolute atomic E-state index is 12.1. The number of hydrogen-bond acceptors (Lipinski definition) is 4. The number of ether oxygens (including phenoxy) is 2. The Balaban J connectivity index is 1.80. The minimum absolute atomic E-state index is 0.0619. The van der Waals surface area contributed by atoms with Gasteiger partial charge in [0.1, 0.15) is 0 Å². The molecule has 1 unspecified atom stereocenters. The van der Waals surface area contributed by atoms with Crippen LogP contribution in [0, 0.1) is 5.41 Å². The first-order valence-electron chi connectivity index (χ1n) is 6.95. The van der Waals surface area contributed by atoms with Crippen molar-refractivity contribution in [3.8, 4) is 0 Å². The highest BCUT2D eigenvalue weighted by Gasteiger charge is 2.31. The number of urea groups is 1. The molecule has 0 aliphatic carbocycles. The van der Waals surface area contributed by atoms with Gasteiger partial charge >= 0.3 is 12.0 Å². The van der Waals surface area contributed by atoms with E-state index in [2.05, 4.69) is 12.2 Å². The Hall–Kier alpha value is -1.34. The van der Waals surface area contributed by atoms with E-state index < -0.39 is 12.1 Å². The van der Waals surface area contributed by atoms with Gasteiger partial charge in [0, 0.05) is 26.3 Å². The second-order valence-electron chi connectivity index (χ2n) is 5.73. The number of nitrogens with one attached hydrogen (secondary N) is 1. The van der Waals surface area contributed by atoms with Gasteiger partial charge in [-0.15, -0.1) is 0 Å². The smallest absolute Gasteiger partial charge is 0.334 e. The lowest BCUT2D eigenvalue weighted by Crippen LogP contribution is -2.53. The molecule has 114 valence electrons. The van der Waals surface area contributed by atoms with Crippen molar-refractivity contribution >= 4 is 12.0 Å². The highest BCUT2D eigenvalue weighted by Crippen LogP contribution is 2.28. The molecule has 0 spiro atoms. The Labute approximate surface area is 118 Å². The zero-order valence-electron chi connectivity index (χ0n) is 11.8. The quantitative estimate of drug-likeness (QED) is 0.779. The molecule has 0 aromatic carbocycles. The molecule has 2 heterocycles. The van der Waals surface area contributed by atoms with Gasteiger partial charge in [-0.1, -0.05) is 6.92 Å². The summed E-state index contributed by atoms with van der Waals surface area (Å²) in [5.41, 5.74) is 0.0619. The zero-order valence-corrected chi connectivity index (χ0v) is 11.8. The van der Waals surface area contributed by atoms with Crippen LogP contribution in [-0.2, 0) is 14.3 Å². The molecule has 20 heavy (non-hydrogen) atoms. The van der Waals surface area contributed by atoms with Crippen molar-refractivity contribution in [2.75, 3.05) is 39.5 Å². The highest BCUT2D eigenvalue weighted by molar-refractivity contribution is 5.77. The van der Waals surface area contributed by atoms with E-state index in [1.807, 2.05) is 0 Å². The van der Waals surface area contributed by atoms with Crippen LogP contribution in [0.3, 0.4) is 0 Å². The van der Waals surface area contributed by atoms with E-state index in [1.165, 1.54) is 4.90 Å². The van der Waals surface area contributed by atoms with Crippen molar-refractivity contribution in [3.63, 3.8) is 0 Å². The molecular formula is C13H22N2O5. The number of amides is 2. The Morgan fingerprint density at radius 1 is 1.35 bits per heavy atom. The Bertz CT molecular complexity index is 368. The highest BCUT2D eigenvalue weighted by atomic mass is 16.5. The molecule has 0 aromatic heterocycles. The van der Waals surface area contributed by atoms with Gasteiger partial charge in [-0.25, -0.2) is 9.59 Å². The lowest BCUT2D eigenvalue weighted by atomic mass is 9.82. The van der Waals surface area contributed by atoms with Crippen LogP contribution in [0.4, 0.5) is 4.79 Å². The van der Waals surface area contributed by atoms with Crippen LogP contribution in [-0.4, -0.2) is 67.6 Å². The van der Waals surface area contributed by atoms with E-state index in [1.54, 1.807) is 0 Å². The lowest BCUT2D eigenvalue weighted by molar-refractivity contribution is -0.154. The molecule has 0 bridgehead atoms. The Kier molecular flexibility index (Phi) is 4.82. The Morgan fingerprint density at radius 3 is 2.70 bits per heavy atom. The normalized spacial score (nSPS) is 26.1. The molecule has 7 heteroatoms. The van der Waals surface area contributed by atoms with E-state index in [0.717, 1.165) is 26.1 Å². The summed E-state index contributed by atoms with van der Waals surface area (Å²) in [6, 6.07) is -0.215. The monoisotopic (exact) mass is 286 g/mol. The molecule has 2 aliphatic rings. The average Bonchev–Trinajstić information content (AvgIpc) is 2.46. The van der Waals surface area contributed by atoms with Crippen molar-refractivity contribution in [2.24, 2.45) is 5.41 Å². The van der Waals surface area contributed by atoms with Crippen molar-refractivity contribution < 1.29 is 24.2 Å². The lowest BCUT2D eigenvalue weighted by Gasteiger charge is -2.35. The van der Waals surface area contributed by atoms with Gasteiger partial charge in [-0.2, -0.15) is 0 Å². The molecule has 2 aliphatic heterocycles. The molecule has 1 atom stereocenters. The predicted molar refractivity (Wildman–Crippen MR) is 70.5 cm³/mol. The topological polar surface area (TPSA) is 88.1 Å². The number of carbonyl (C=O) groups excluding carboxylic acids is 1. The van der Waals surface area contributed by atoms with Crippen LogP contribution < -0.4 is 5.32 Å². The molecule has 0 saturated carbocycles. The molecule has 2 rings (SSSR count). The Morgan fingerprint density at radius 2 is 2.05 bits per heavy atom. The average molecular weight is 286 g/mol. The van der Waals surface area contributed by atoms with Crippen LogP contribution in [0.15, 0.2) is 0 Å². The van der Waals surface area contributed by atoms with Crippen LogP contribution in [0.25, 0.3) is 0 Å². The molecule has 0 aromatic rings. The molecular weight excluding hydrogens is 264 g/mol. The molecule has 0 radical (unpaired) electrons. The molecule has 2 fully saturated rings. The zero-order chi connectivity index (χ0) is 14.6. The fourth-order valence-corrected chi connectivity index (χ4v) is 2.42. The first kappa shape index (κ1) is 15.1. The van der Waals surface area contributed by atoms with Crippen molar-refractivity contribution in [3.05, 3.63) is 0 Å².